The molecule has 0 aromatic carbocycles. The number of H-pyrrole nitrogens is 1. The lowest BCUT2D eigenvalue weighted by molar-refractivity contribution is -0.123. The van der Waals surface area contributed by atoms with Crippen LogP contribution in [0.25, 0.3) is 0 Å². The van der Waals surface area contributed by atoms with E-state index in [4.69, 9.17) is 12.2 Å². The summed E-state index contributed by atoms with van der Waals surface area (Å²) >= 11 is 5.15. The van der Waals surface area contributed by atoms with E-state index in [2.05, 4.69) is 10.3 Å². The SMILES string of the molecule is CCNC(=O)C(C)n1c(CC)c[nH]c1=S. The van der Waals surface area contributed by atoms with Gasteiger partial charge in [0.15, 0.2) is 4.77 Å². The molecule has 1 heterocycles. The zero-order valence-electron chi connectivity index (χ0n) is 9.33. The van der Waals surface area contributed by atoms with Crippen molar-refractivity contribution in [2.75, 3.05) is 6.54 Å². The number of nitrogens with zero attached hydrogens (tertiary/aromatic N) is 1. The summed E-state index contributed by atoms with van der Waals surface area (Å²) in [5.74, 6) is 0.00269. The standard InChI is InChI=1S/C10H17N3OS/c1-4-8-6-12-10(15)13(8)7(3)9(14)11-5-2/h6-7H,4-5H2,1-3H3,(H,11,14)(H,12,15). The van der Waals surface area contributed by atoms with Crippen LogP contribution in [0.3, 0.4) is 0 Å². The molecule has 0 aliphatic heterocycles. The maximum Gasteiger partial charge on any atom is 0.242 e. The number of likely N-dealkylation sites (N-methyl/N-ethyl adjacent to an activating group) is 1. The highest BCUT2D eigenvalue weighted by atomic mass is 32.1. The van der Waals surface area contributed by atoms with Crippen molar-refractivity contribution in [3.8, 4) is 0 Å². The van der Waals surface area contributed by atoms with E-state index in [1.54, 1.807) is 0 Å². The number of nitrogens with one attached hydrogen (secondary N) is 2. The summed E-state index contributed by atoms with van der Waals surface area (Å²) in [4.78, 5) is 14.6. The van der Waals surface area contributed by atoms with Gasteiger partial charge >= 0.3 is 0 Å². The minimum Gasteiger partial charge on any atom is -0.355 e. The normalized spacial score (nSPS) is 12.5. The molecule has 15 heavy (non-hydrogen) atoms. The minimum absolute atomic E-state index is 0.00269. The zero-order valence-corrected chi connectivity index (χ0v) is 10.1. The van der Waals surface area contributed by atoms with Gasteiger partial charge in [0.2, 0.25) is 5.91 Å². The van der Waals surface area contributed by atoms with E-state index in [0.29, 0.717) is 11.3 Å². The third-order valence-electron chi connectivity index (χ3n) is 2.37. The summed E-state index contributed by atoms with van der Waals surface area (Å²) in [6.45, 7) is 6.44. The van der Waals surface area contributed by atoms with E-state index in [1.165, 1.54) is 0 Å². The number of aromatic amines is 1. The van der Waals surface area contributed by atoms with Gasteiger partial charge in [0.05, 0.1) is 0 Å². The lowest BCUT2D eigenvalue weighted by Crippen LogP contribution is -2.31. The number of hydrogen-bond acceptors (Lipinski definition) is 2. The Kier molecular flexibility index (Phi) is 4.08. The van der Waals surface area contributed by atoms with Crippen molar-refractivity contribution in [3.05, 3.63) is 16.7 Å². The van der Waals surface area contributed by atoms with Crippen LogP contribution in [0.5, 0.6) is 0 Å². The summed E-state index contributed by atoms with van der Waals surface area (Å²) < 4.78 is 2.46. The van der Waals surface area contributed by atoms with E-state index in [1.807, 2.05) is 31.5 Å². The molecule has 0 fully saturated rings. The van der Waals surface area contributed by atoms with Crippen LogP contribution in [0.1, 0.15) is 32.5 Å². The predicted molar refractivity (Wildman–Crippen MR) is 62.4 cm³/mol. The molecule has 0 spiro atoms. The number of carbonyl (C=O) groups is 1. The molecule has 0 radical (unpaired) electrons. The fourth-order valence-corrected chi connectivity index (χ4v) is 1.89. The van der Waals surface area contributed by atoms with Crippen LogP contribution in [0.15, 0.2) is 6.20 Å². The monoisotopic (exact) mass is 227 g/mol. The van der Waals surface area contributed by atoms with E-state index in [9.17, 15) is 4.79 Å². The van der Waals surface area contributed by atoms with Crippen LogP contribution < -0.4 is 5.32 Å². The van der Waals surface area contributed by atoms with Gasteiger partial charge in [0.25, 0.3) is 0 Å². The molecule has 1 rings (SSSR count). The van der Waals surface area contributed by atoms with Crippen LogP contribution in [0, 0.1) is 4.77 Å². The Morgan fingerprint density at radius 1 is 1.67 bits per heavy atom. The number of rotatable bonds is 4. The molecule has 2 N–H and O–H groups in total. The van der Waals surface area contributed by atoms with Crippen molar-refractivity contribution in [2.24, 2.45) is 0 Å². The lowest BCUT2D eigenvalue weighted by Gasteiger charge is -2.15. The van der Waals surface area contributed by atoms with Crippen LogP contribution in [-0.2, 0) is 11.2 Å². The fraction of sp³-hybridized carbons (Fsp3) is 0.600. The van der Waals surface area contributed by atoms with Gasteiger partial charge < -0.3 is 14.9 Å². The molecule has 1 atom stereocenters. The molecular formula is C10H17N3OS. The second kappa shape index (κ2) is 5.11. The molecule has 0 saturated carbocycles. The summed E-state index contributed by atoms with van der Waals surface area (Å²) in [7, 11) is 0. The first kappa shape index (κ1) is 12.0. The number of aryl methyl sites for hydroxylation is 1. The molecule has 0 bridgehead atoms. The summed E-state index contributed by atoms with van der Waals surface area (Å²) in [6, 6.07) is -0.251. The van der Waals surface area contributed by atoms with Crippen molar-refractivity contribution < 1.29 is 4.79 Å². The zero-order chi connectivity index (χ0) is 11.4. The van der Waals surface area contributed by atoms with Crippen LogP contribution in [-0.4, -0.2) is 22.0 Å². The third-order valence-corrected chi connectivity index (χ3v) is 2.69. The van der Waals surface area contributed by atoms with Gasteiger partial charge in [-0.25, -0.2) is 0 Å². The van der Waals surface area contributed by atoms with Crippen LogP contribution in [0.4, 0.5) is 0 Å². The smallest absolute Gasteiger partial charge is 0.242 e. The van der Waals surface area contributed by atoms with Gasteiger partial charge in [-0.1, -0.05) is 6.92 Å². The van der Waals surface area contributed by atoms with Crippen LogP contribution in [0.2, 0.25) is 0 Å². The first-order chi connectivity index (χ1) is 7.11. The maximum atomic E-state index is 11.7. The molecule has 4 nitrogen and oxygen atoms in total. The van der Waals surface area contributed by atoms with Crippen molar-refractivity contribution in [2.45, 2.75) is 33.2 Å². The quantitative estimate of drug-likeness (QED) is 0.771. The van der Waals surface area contributed by atoms with Crippen molar-refractivity contribution in [1.29, 1.82) is 0 Å². The summed E-state index contributed by atoms with van der Waals surface area (Å²) in [5.41, 5.74) is 1.05. The molecule has 1 aromatic heterocycles. The summed E-state index contributed by atoms with van der Waals surface area (Å²) in [5, 5.41) is 2.79. The van der Waals surface area contributed by atoms with E-state index in [-0.39, 0.29) is 11.9 Å². The molecule has 0 aliphatic rings. The first-order valence-electron chi connectivity index (χ1n) is 5.18. The molecular weight excluding hydrogens is 210 g/mol. The van der Waals surface area contributed by atoms with E-state index in [0.717, 1.165) is 12.1 Å². The minimum atomic E-state index is -0.251. The second-order valence-electron chi connectivity index (χ2n) is 3.38. The number of amides is 1. The predicted octanol–water partition coefficient (Wildman–Crippen LogP) is 1.81. The molecule has 5 heteroatoms. The number of aromatic nitrogens is 2. The highest BCUT2D eigenvalue weighted by Gasteiger charge is 2.16. The average molecular weight is 227 g/mol. The molecule has 0 saturated heterocycles. The highest BCUT2D eigenvalue weighted by molar-refractivity contribution is 7.71. The van der Waals surface area contributed by atoms with Gasteiger partial charge in [0.1, 0.15) is 6.04 Å². The van der Waals surface area contributed by atoms with Crippen molar-refractivity contribution >= 4 is 18.1 Å². The molecule has 1 aromatic rings. The van der Waals surface area contributed by atoms with Gasteiger partial charge in [-0.05, 0) is 32.5 Å². The average Bonchev–Trinajstić information content (AvgIpc) is 2.58. The van der Waals surface area contributed by atoms with E-state index >= 15 is 0 Å². The Morgan fingerprint density at radius 2 is 2.33 bits per heavy atom. The van der Waals surface area contributed by atoms with Gasteiger partial charge in [-0.2, -0.15) is 0 Å². The third kappa shape index (κ3) is 2.47. The molecule has 1 amide bonds. The number of hydrogen-bond donors (Lipinski definition) is 2. The van der Waals surface area contributed by atoms with Gasteiger partial charge in [-0.15, -0.1) is 0 Å². The number of carbonyl (C=O) groups excluding carboxylic acids is 1. The topological polar surface area (TPSA) is 49.8 Å². The molecule has 84 valence electrons. The Bertz CT molecular complexity index is 394. The van der Waals surface area contributed by atoms with Gasteiger partial charge in [0, 0.05) is 18.4 Å². The molecule has 0 aliphatic carbocycles. The fourth-order valence-electron chi connectivity index (χ4n) is 1.55. The lowest BCUT2D eigenvalue weighted by atomic mass is 10.2. The Hall–Kier alpha value is -1.10. The number of imidazole rings is 1. The van der Waals surface area contributed by atoms with Crippen molar-refractivity contribution in [3.63, 3.8) is 0 Å². The second-order valence-corrected chi connectivity index (χ2v) is 3.77. The first-order valence-corrected chi connectivity index (χ1v) is 5.59. The largest absolute Gasteiger partial charge is 0.355 e. The maximum absolute atomic E-state index is 11.7. The van der Waals surface area contributed by atoms with Crippen molar-refractivity contribution in [1.82, 2.24) is 14.9 Å². The van der Waals surface area contributed by atoms with Gasteiger partial charge in [-0.3, -0.25) is 4.79 Å². The summed E-state index contributed by atoms with van der Waals surface area (Å²) in [6.07, 6.45) is 2.72. The Labute approximate surface area is 94.7 Å². The van der Waals surface area contributed by atoms with Crippen LogP contribution >= 0.6 is 12.2 Å². The Morgan fingerprint density at radius 3 is 2.87 bits per heavy atom. The Balaban J connectivity index is 2.99. The van der Waals surface area contributed by atoms with E-state index < -0.39 is 0 Å². The highest BCUT2D eigenvalue weighted by Crippen LogP contribution is 2.12. The molecule has 1 unspecified atom stereocenters.